The van der Waals surface area contributed by atoms with E-state index in [0.29, 0.717) is 31.1 Å². The van der Waals surface area contributed by atoms with Crippen molar-refractivity contribution in [2.45, 2.75) is 58.2 Å². The van der Waals surface area contributed by atoms with Crippen molar-refractivity contribution in [2.24, 2.45) is 5.92 Å². The molecule has 1 aromatic carbocycles. The molecule has 2 amide bonds. The predicted molar refractivity (Wildman–Crippen MR) is 131 cm³/mol. The number of carboxylic acid groups (broad SMARTS) is 1. The molecule has 1 fully saturated rings. The van der Waals surface area contributed by atoms with Crippen LogP contribution >= 0.6 is 0 Å². The average Bonchev–Trinajstić information content (AvgIpc) is 3.49. The van der Waals surface area contributed by atoms with Crippen LogP contribution < -0.4 is 10.2 Å². The zero-order valence-corrected chi connectivity index (χ0v) is 20.0. The van der Waals surface area contributed by atoms with Gasteiger partial charge < -0.3 is 19.7 Å². The van der Waals surface area contributed by atoms with Gasteiger partial charge in [-0.2, -0.15) is 5.10 Å². The van der Waals surface area contributed by atoms with Crippen molar-refractivity contribution in [3.63, 3.8) is 0 Å². The highest BCUT2D eigenvalue weighted by Gasteiger charge is 2.30. The maximum Gasteiger partial charge on any atom is 0.412 e. The van der Waals surface area contributed by atoms with Crippen LogP contribution in [0.1, 0.15) is 37.6 Å². The van der Waals surface area contributed by atoms with E-state index in [0.717, 1.165) is 61.3 Å². The van der Waals surface area contributed by atoms with Crippen LogP contribution in [0.3, 0.4) is 0 Å². The molecule has 10 heteroatoms. The first-order chi connectivity index (χ1) is 17.0. The van der Waals surface area contributed by atoms with Gasteiger partial charge >= 0.3 is 6.09 Å². The third-order valence-electron chi connectivity index (χ3n) is 7.15. The van der Waals surface area contributed by atoms with Gasteiger partial charge in [-0.25, -0.2) is 9.78 Å². The summed E-state index contributed by atoms with van der Waals surface area (Å²) in [4.78, 5) is 31.3. The molecule has 2 N–H and O–H groups in total. The van der Waals surface area contributed by atoms with Crippen molar-refractivity contribution in [1.82, 2.24) is 24.6 Å². The first-order valence-electron chi connectivity index (χ1n) is 12.4. The van der Waals surface area contributed by atoms with Crippen LogP contribution in [-0.4, -0.2) is 62.2 Å². The number of aryl methyl sites for hydroxylation is 3. The lowest BCUT2D eigenvalue weighted by Gasteiger charge is -2.33. The molecule has 2 aromatic heterocycles. The molecule has 0 aliphatic carbocycles. The molecular weight excluding hydrogens is 448 g/mol. The molecule has 3 aromatic rings. The van der Waals surface area contributed by atoms with Gasteiger partial charge in [0.2, 0.25) is 5.91 Å². The van der Waals surface area contributed by atoms with E-state index in [1.807, 2.05) is 40.6 Å². The number of anilines is 1. The highest BCUT2D eigenvalue weighted by molar-refractivity contribution is 5.95. The fourth-order valence-corrected chi connectivity index (χ4v) is 5.19. The molecule has 1 saturated heterocycles. The number of rotatable bonds is 7. The molecule has 5 rings (SSSR count). The van der Waals surface area contributed by atoms with Crippen molar-refractivity contribution < 1.29 is 19.4 Å². The number of hydrogen-bond acceptors (Lipinski definition) is 5. The summed E-state index contributed by atoms with van der Waals surface area (Å²) in [5, 5.41) is 17.2. The molecule has 2 aliphatic heterocycles. The van der Waals surface area contributed by atoms with Crippen molar-refractivity contribution in [2.75, 3.05) is 24.7 Å². The van der Waals surface area contributed by atoms with Gasteiger partial charge in [-0.05, 0) is 56.7 Å². The third kappa shape index (κ3) is 4.88. The van der Waals surface area contributed by atoms with Crippen LogP contribution in [0.25, 0.3) is 11.0 Å². The molecule has 1 atom stereocenters. The van der Waals surface area contributed by atoms with E-state index in [2.05, 4.69) is 10.4 Å². The SMILES string of the molecule is C[C@H]1CCc2c(ccc3c2nc(CCn2cccn2)n3CC(=O)NCC2CCOCC2)N1C(=O)O. The zero-order valence-electron chi connectivity index (χ0n) is 20.0. The number of amides is 2. The second-order valence-corrected chi connectivity index (χ2v) is 9.46. The number of carbonyl (C=O) groups is 2. The zero-order chi connectivity index (χ0) is 24.4. The van der Waals surface area contributed by atoms with E-state index in [1.54, 1.807) is 6.20 Å². The Morgan fingerprint density at radius 3 is 2.80 bits per heavy atom. The first-order valence-corrected chi connectivity index (χ1v) is 12.4. The first kappa shape index (κ1) is 23.3. The van der Waals surface area contributed by atoms with Gasteiger partial charge in [0.25, 0.3) is 0 Å². The summed E-state index contributed by atoms with van der Waals surface area (Å²) in [7, 11) is 0. The Hall–Kier alpha value is -3.40. The van der Waals surface area contributed by atoms with E-state index in [4.69, 9.17) is 9.72 Å². The third-order valence-corrected chi connectivity index (χ3v) is 7.15. The van der Waals surface area contributed by atoms with E-state index in [1.165, 1.54) is 4.90 Å². The molecule has 0 bridgehead atoms. The summed E-state index contributed by atoms with van der Waals surface area (Å²) in [5.74, 6) is 1.20. The Morgan fingerprint density at radius 1 is 1.23 bits per heavy atom. The number of imidazole rings is 1. The van der Waals surface area contributed by atoms with E-state index < -0.39 is 6.09 Å². The standard InChI is InChI=1S/C25H32N6O4/c1-17-3-4-19-20(31(17)25(33)34)5-6-21-24(19)28-22(7-12-29-11-2-10-27-29)30(21)16-23(32)26-15-18-8-13-35-14-9-18/h2,5-6,10-11,17-18H,3-4,7-9,12-16H2,1H3,(H,26,32)(H,33,34)/t17-/m0/s1. The molecule has 4 heterocycles. The molecular formula is C25H32N6O4. The summed E-state index contributed by atoms with van der Waals surface area (Å²) in [6.07, 6.45) is 6.72. The fourth-order valence-electron chi connectivity index (χ4n) is 5.19. The highest BCUT2D eigenvalue weighted by Crippen LogP contribution is 2.36. The lowest BCUT2D eigenvalue weighted by atomic mass is 9.96. The van der Waals surface area contributed by atoms with Gasteiger partial charge in [0.05, 0.1) is 16.7 Å². The van der Waals surface area contributed by atoms with Gasteiger partial charge in [-0.1, -0.05) is 0 Å². The molecule has 0 radical (unpaired) electrons. The number of hydrogen-bond donors (Lipinski definition) is 2. The van der Waals surface area contributed by atoms with E-state index in [9.17, 15) is 14.7 Å². The van der Waals surface area contributed by atoms with E-state index >= 15 is 0 Å². The van der Waals surface area contributed by atoms with Crippen molar-refractivity contribution in [3.05, 3.63) is 42.0 Å². The van der Waals surface area contributed by atoms with Crippen LogP contribution in [0.2, 0.25) is 0 Å². The minimum atomic E-state index is -0.955. The second-order valence-electron chi connectivity index (χ2n) is 9.46. The minimum Gasteiger partial charge on any atom is -0.465 e. The van der Waals surface area contributed by atoms with Crippen molar-refractivity contribution in [1.29, 1.82) is 0 Å². The molecule has 0 spiro atoms. The normalized spacial score (nSPS) is 18.5. The Morgan fingerprint density at radius 2 is 2.06 bits per heavy atom. The van der Waals surface area contributed by atoms with Crippen molar-refractivity contribution >= 4 is 28.7 Å². The monoisotopic (exact) mass is 480 g/mol. The maximum absolute atomic E-state index is 13.0. The van der Waals surface area contributed by atoms with Gasteiger partial charge in [0, 0.05) is 56.7 Å². The van der Waals surface area contributed by atoms with Crippen LogP contribution in [0, 0.1) is 5.92 Å². The summed E-state index contributed by atoms with van der Waals surface area (Å²) in [5.41, 5.74) is 3.27. The van der Waals surface area contributed by atoms with Crippen LogP contribution in [0.5, 0.6) is 0 Å². The maximum atomic E-state index is 13.0. The minimum absolute atomic E-state index is 0.0466. The lowest BCUT2D eigenvalue weighted by molar-refractivity contribution is -0.122. The number of fused-ring (bicyclic) bond motifs is 3. The molecule has 2 aliphatic rings. The Balaban J connectivity index is 1.44. The Bertz CT molecular complexity index is 1200. The van der Waals surface area contributed by atoms with Crippen LogP contribution in [0.4, 0.5) is 10.5 Å². The predicted octanol–water partition coefficient (Wildman–Crippen LogP) is 2.84. The number of carbonyl (C=O) groups excluding carboxylic acids is 1. The largest absolute Gasteiger partial charge is 0.465 e. The molecule has 0 unspecified atom stereocenters. The number of benzene rings is 1. The van der Waals surface area contributed by atoms with Gasteiger partial charge in [0.1, 0.15) is 12.4 Å². The van der Waals surface area contributed by atoms with Gasteiger partial charge in [0.15, 0.2) is 0 Å². The summed E-state index contributed by atoms with van der Waals surface area (Å²) in [6, 6.07) is 5.55. The number of aromatic nitrogens is 4. The van der Waals surface area contributed by atoms with Crippen LogP contribution in [0.15, 0.2) is 30.6 Å². The average molecular weight is 481 g/mol. The Labute approximate surface area is 203 Å². The fraction of sp³-hybridized carbons (Fsp3) is 0.520. The highest BCUT2D eigenvalue weighted by atomic mass is 16.5. The topological polar surface area (TPSA) is 115 Å². The summed E-state index contributed by atoms with van der Waals surface area (Å²) >= 11 is 0. The summed E-state index contributed by atoms with van der Waals surface area (Å²) < 4.78 is 9.23. The Kier molecular flexibility index (Phi) is 6.72. The summed E-state index contributed by atoms with van der Waals surface area (Å²) in [6.45, 7) is 4.89. The van der Waals surface area contributed by atoms with E-state index in [-0.39, 0.29) is 18.5 Å². The quantitative estimate of drug-likeness (QED) is 0.538. The molecule has 35 heavy (non-hydrogen) atoms. The molecule has 186 valence electrons. The number of nitrogens with one attached hydrogen (secondary N) is 1. The lowest BCUT2D eigenvalue weighted by Crippen LogP contribution is -2.41. The van der Waals surface area contributed by atoms with Gasteiger partial charge in [-0.15, -0.1) is 0 Å². The second kappa shape index (κ2) is 10.1. The van der Waals surface area contributed by atoms with Crippen LogP contribution in [-0.2, 0) is 35.5 Å². The van der Waals surface area contributed by atoms with Gasteiger partial charge in [-0.3, -0.25) is 14.4 Å². The molecule has 10 nitrogen and oxygen atoms in total. The van der Waals surface area contributed by atoms with Crippen molar-refractivity contribution in [3.8, 4) is 0 Å². The molecule has 0 saturated carbocycles. The number of nitrogens with zero attached hydrogens (tertiary/aromatic N) is 5. The smallest absolute Gasteiger partial charge is 0.412 e. The number of ether oxygens (including phenoxy) is 1.